The molecule has 0 radical (unpaired) electrons. The van der Waals surface area contributed by atoms with Crippen LogP contribution in [-0.4, -0.2) is 10.1 Å². The van der Waals surface area contributed by atoms with E-state index < -0.39 is 6.10 Å². The summed E-state index contributed by atoms with van der Waals surface area (Å²) < 4.78 is 0. The Labute approximate surface area is 125 Å². The summed E-state index contributed by atoms with van der Waals surface area (Å²) in [5, 5.41) is 11.7. The van der Waals surface area contributed by atoms with Gasteiger partial charge in [-0.2, -0.15) is 0 Å². The molecule has 0 aliphatic carbocycles. The summed E-state index contributed by atoms with van der Waals surface area (Å²) in [5.41, 5.74) is 6.23. The van der Waals surface area contributed by atoms with Gasteiger partial charge in [-0.3, -0.25) is 4.98 Å². The number of aryl methyl sites for hydroxylation is 3. The monoisotopic (exact) mass is 277 g/mol. The van der Waals surface area contributed by atoms with E-state index in [0.717, 1.165) is 27.7 Å². The Morgan fingerprint density at radius 3 is 2.29 bits per heavy atom. The lowest BCUT2D eigenvalue weighted by Crippen LogP contribution is -2.00. The van der Waals surface area contributed by atoms with Crippen LogP contribution in [-0.2, 0) is 0 Å². The van der Waals surface area contributed by atoms with Gasteiger partial charge in [-0.25, -0.2) is 0 Å². The Hall–Kier alpha value is -2.19. The van der Waals surface area contributed by atoms with Crippen molar-refractivity contribution in [3.63, 3.8) is 0 Å². The highest BCUT2D eigenvalue weighted by Crippen LogP contribution is 2.26. The first kappa shape index (κ1) is 13.8. The molecule has 21 heavy (non-hydrogen) atoms. The van der Waals surface area contributed by atoms with E-state index in [9.17, 15) is 5.11 Å². The maximum atomic E-state index is 10.6. The van der Waals surface area contributed by atoms with Crippen LogP contribution in [0.4, 0.5) is 0 Å². The van der Waals surface area contributed by atoms with Crippen LogP contribution in [0.25, 0.3) is 10.9 Å². The fourth-order valence-electron chi connectivity index (χ4n) is 2.54. The van der Waals surface area contributed by atoms with E-state index in [4.69, 9.17) is 0 Å². The summed E-state index contributed by atoms with van der Waals surface area (Å²) >= 11 is 0. The fraction of sp³-hybridized carbons (Fsp3) is 0.211. The third kappa shape index (κ3) is 2.67. The van der Waals surface area contributed by atoms with Crippen molar-refractivity contribution in [2.45, 2.75) is 26.9 Å². The van der Waals surface area contributed by atoms with E-state index in [-0.39, 0.29) is 0 Å². The molecule has 0 fully saturated rings. The first-order chi connectivity index (χ1) is 10.0. The summed E-state index contributed by atoms with van der Waals surface area (Å²) in [6, 6.07) is 16.1. The van der Waals surface area contributed by atoms with Gasteiger partial charge >= 0.3 is 0 Å². The van der Waals surface area contributed by atoms with E-state index in [2.05, 4.69) is 31.0 Å². The number of nitrogens with zero attached hydrogens (tertiary/aromatic N) is 1. The van der Waals surface area contributed by atoms with E-state index in [1.807, 2.05) is 43.3 Å². The van der Waals surface area contributed by atoms with Crippen molar-refractivity contribution in [2.24, 2.45) is 0 Å². The number of hydrogen-bond acceptors (Lipinski definition) is 2. The smallest absolute Gasteiger partial charge is 0.104 e. The Morgan fingerprint density at radius 2 is 1.52 bits per heavy atom. The summed E-state index contributed by atoms with van der Waals surface area (Å²) in [4.78, 5) is 4.49. The van der Waals surface area contributed by atoms with E-state index in [0.29, 0.717) is 0 Å². The van der Waals surface area contributed by atoms with Gasteiger partial charge in [-0.05, 0) is 61.2 Å². The van der Waals surface area contributed by atoms with Gasteiger partial charge in [0.25, 0.3) is 0 Å². The lowest BCUT2D eigenvalue weighted by molar-refractivity contribution is 0.220. The molecule has 0 aliphatic rings. The molecule has 0 amide bonds. The van der Waals surface area contributed by atoms with Crippen molar-refractivity contribution in [1.82, 2.24) is 4.98 Å². The molecule has 3 rings (SSSR count). The normalized spacial score (nSPS) is 12.6. The standard InChI is InChI=1S/C19H19NO/c1-12-4-6-16(10-13(12)2)19(21)17-8-9-18-15(11-17)7-5-14(3)20-18/h4-11,19,21H,1-3H3. The van der Waals surface area contributed by atoms with Crippen molar-refractivity contribution in [3.05, 3.63) is 76.5 Å². The summed E-state index contributed by atoms with van der Waals surface area (Å²) in [5.74, 6) is 0. The van der Waals surface area contributed by atoms with Gasteiger partial charge in [0.1, 0.15) is 6.10 Å². The van der Waals surface area contributed by atoms with Gasteiger partial charge in [0.15, 0.2) is 0 Å². The van der Waals surface area contributed by atoms with E-state index in [1.165, 1.54) is 11.1 Å². The molecule has 2 nitrogen and oxygen atoms in total. The molecular formula is C19H19NO. The van der Waals surface area contributed by atoms with Crippen LogP contribution in [0.15, 0.2) is 48.5 Å². The summed E-state index contributed by atoms with van der Waals surface area (Å²) in [7, 11) is 0. The molecule has 1 heterocycles. The highest BCUT2D eigenvalue weighted by molar-refractivity contribution is 5.79. The van der Waals surface area contributed by atoms with Gasteiger partial charge in [-0.1, -0.05) is 30.3 Å². The molecule has 0 saturated heterocycles. The Balaban J connectivity index is 2.02. The number of pyridine rings is 1. The van der Waals surface area contributed by atoms with Gasteiger partial charge in [0.05, 0.1) is 5.52 Å². The minimum Gasteiger partial charge on any atom is -0.384 e. The molecule has 3 aromatic rings. The average Bonchev–Trinajstić information content (AvgIpc) is 2.49. The number of rotatable bonds is 2. The number of fused-ring (bicyclic) bond motifs is 1. The summed E-state index contributed by atoms with van der Waals surface area (Å²) in [6.07, 6.45) is -0.602. The third-order valence-corrected chi connectivity index (χ3v) is 4.01. The van der Waals surface area contributed by atoms with Crippen LogP contribution < -0.4 is 0 Å². The number of aromatic nitrogens is 1. The second kappa shape index (κ2) is 5.30. The highest BCUT2D eigenvalue weighted by atomic mass is 16.3. The molecule has 1 atom stereocenters. The second-order valence-electron chi connectivity index (χ2n) is 5.65. The SMILES string of the molecule is Cc1ccc2cc(C(O)c3ccc(C)c(C)c3)ccc2n1. The molecule has 1 N–H and O–H groups in total. The third-order valence-electron chi connectivity index (χ3n) is 4.01. The van der Waals surface area contributed by atoms with Crippen LogP contribution >= 0.6 is 0 Å². The topological polar surface area (TPSA) is 33.1 Å². The number of aliphatic hydroxyl groups excluding tert-OH is 1. The number of benzene rings is 2. The Bertz CT molecular complexity index is 808. The quantitative estimate of drug-likeness (QED) is 0.760. The molecular weight excluding hydrogens is 258 g/mol. The van der Waals surface area contributed by atoms with Crippen LogP contribution in [0.2, 0.25) is 0 Å². The molecule has 106 valence electrons. The molecule has 0 bridgehead atoms. The molecule has 2 aromatic carbocycles. The van der Waals surface area contributed by atoms with Crippen LogP contribution in [0, 0.1) is 20.8 Å². The molecule has 1 aromatic heterocycles. The average molecular weight is 277 g/mol. The zero-order valence-electron chi connectivity index (χ0n) is 12.6. The lowest BCUT2D eigenvalue weighted by atomic mass is 9.97. The van der Waals surface area contributed by atoms with Gasteiger partial charge < -0.3 is 5.11 Å². The minimum atomic E-state index is -0.602. The van der Waals surface area contributed by atoms with Crippen LogP contribution in [0.3, 0.4) is 0 Å². The van der Waals surface area contributed by atoms with Gasteiger partial charge in [0, 0.05) is 11.1 Å². The highest BCUT2D eigenvalue weighted by Gasteiger charge is 2.12. The zero-order chi connectivity index (χ0) is 15.0. The first-order valence-electron chi connectivity index (χ1n) is 7.17. The minimum absolute atomic E-state index is 0.602. The molecule has 0 aliphatic heterocycles. The Morgan fingerprint density at radius 1 is 0.810 bits per heavy atom. The lowest BCUT2D eigenvalue weighted by Gasteiger charge is -2.14. The first-order valence-corrected chi connectivity index (χ1v) is 7.17. The zero-order valence-corrected chi connectivity index (χ0v) is 12.6. The Kier molecular flexibility index (Phi) is 3.48. The predicted molar refractivity (Wildman–Crippen MR) is 86.5 cm³/mol. The summed E-state index contributed by atoms with van der Waals surface area (Å²) in [6.45, 7) is 6.13. The number of hydrogen-bond donors (Lipinski definition) is 1. The molecule has 2 heteroatoms. The maximum Gasteiger partial charge on any atom is 0.104 e. The van der Waals surface area contributed by atoms with Crippen LogP contribution in [0.5, 0.6) is 0 Å². The molecule has 1 unspecified atom stereocenters. The van der Waals surface area contributed by atoms with Crippen molar-refractivity contribution < 1.29 is 5.11 Å². The maximum absolute atomic E-state index is 10.6. The number of aliphatic hydroxyl groups is 1. The fourth-order valence-corrected chi connectivity index (χ4v) is 2.54. The van der Waals surface area contributed by atoms with E-state index >= 15 is 0 Å². The second-order valence-corrected chi connectivity index (χ2v) is 5.65. The van der Waals surface area contributed by atoms with E-state index in [1.54, 1.807) is 0 Å². The van der Waals surface area contributed by atoms with Crippen molar-refractivity contribution in [3.8, 4) is 0 Å². The largest absolute Gasteiger partial charge is 0.384 e. The molecule has 0 spiro atoms. The van der Waals surface area contributed by atoms with Crippen molar-refractivity contribution in [2.75, 3.05) is 0 Å². The van der Waals surface area contributed by atoms with Crippen molar-refractivity contribution >= 4 is 10.9 Å². The predicted octanol–water partition coefficient (Wildman–Crippen LogP) is 4.24. The van der Waals surface area contributed by atoms with Crippen molar-refractivity contribution in [1.29, 1.82) is 0 Å². The van der Waals surface area contributed by atoms with Crippen LogP contribution in [0.1, 0.15) is 34.1 Å². The van der Waals surface area contributed by atoms with Gasteiger partial charge in [-0.15, -0.1) is 0 Å². The molecule has 0 saturated carbocycles. The van der Waals surface area contributed by atoms with Gasteiger partial charge in [0.2, 0.25) is 0 Å².